The predicted molar refractivity (Wildman–Crippen MR) is 66.5 cm³/mol. The van der Waals surface area contributed by atoms with Gasteiger partial charge >= 0.3 is 0 Å². The first-order valence-electron chi connectivity index (χ1n) is 6.44. The van der Waals surface area contributed by atoms with Gasteiger partial charge in [0, 0.05) is 17.7 Å². The van der Waals surface area contributed by atoms with E-state index in [4.69, 9.17) is 0 Å². The van der Waals surface area contributed by atoms with Gasteiger partial charge in [-0.25, -0.2) is 0 Å². The van der Waals surface area contributed by atoms with Gasteiger partial charge in [-0.15, -0.1) is 11.8 Å². The van der Waals surface area contributed by atoms with Gasteiger partial charge in [0.1, 0.15) is 6.04 Å². The number of rotatable bonds is 3. The molecule has 1 aliphatic heterocycles. The Bertz CT molecular complexity index is 339. The highest BCUT2D eigenvalue weighted by atomic mass is 32.2. The Kier molecular flexibility index (Phi) is 3.03. The van der Waals surface area contributed by atoms with Crippen molar-refractivity contribution in [3.05, 3.63) is 0 Å². The molecule has 3 rings (SSSR count). The summed E-state index contributed by atoms with van der Waals surface area (Å²) in [5.41, 5.74) is 0. The van der Waals surface area contributed by atoms with E-state index in [1.165, 1.54) is 0 Å². The standard InChI is InChI=1S/C12H18N2O2S/c15-11(13-9-4-5-9)10-6-17-7-14(10)12(16)8-2-1-3-8/h8-10H,1-7H2,(H,13,15). The fraction of sp³-hybridized carbons (Fsp3) is 0.833. The lowest BCUT2D eigenvalue weighted by molar-refractivity contribution is -0.143. The minimum Gasteiger partial charge on any atom is -0.352 e. The van der Waals surface area contributed by atoms with Gasteiger partial charge in [0.15, 0.2) is 0 Å². The molecule has 5 heteroatoms. The Morgan fingerprint density at radius 2 is 1.94 bits per heavy atom. The van der Waals surface area contributed by atoms with E-state index in [-0.39, 0.29) is 23.8 Å². The molecular formula is C12H18N2O2S. The Balaban J connectivity index is 1.61. The van der Waals surface area contributed by atoms with E-state index in [1.807, 2.05) is 0 Å². The molecule has 1 heterocycles. The fourth-order valence-corrected chi connectivity index (χ4v) is 3.46. The van der Waals surface area contributed by atoms with Gasteiger partial charge in [0.25, 0.3) is 0 Å². The SMILES string of the molecule is O=C(NC1CC1)C1CSCN1C(=O)C1CCC1. The first-order chi connectivity index (χ1) is 8.25. The van der Waals surface area contributed by atoms with Gasteiger partial charge < -0.3 is 10.2 Å². The van der Waals surface area contributed by atoms with Crippen LogP contribution in [0, 0.1) is 5.92 Å². The number of amides is 2. The van der Waals surface area contributed by atoms with E-state index < -0.39 is 0 Å². The van der Waals surface area contributed by atoms with Gasteiger partial charge in [-0.1, -0.05) is 6.42 Å². The summed E-state index contributed by atoms with van der Waals surface area (Å²) in [6.45, 7) is 0. The lowest BCUT2D eigenvalue weighted by atomic mass is 9.84. The van der Waals surface area contributed by atoms with Gasteiger partial charge in [-0.05, 0) is 25.7 Å². The second-order valence-corrected chi connectivity index (χ2v) is 6.23. The lowest BCUT2D eigenvalue weighted by Crippen LogP contribution is -2.50. The van der Waals surface area contributed by atoms with Crippen LogP contribution in [0.4, 0.5) is 0 Å². The van der Waals surface area contributed by atoms with Crippen LogP contribution in [0.15, 0.2) is 0 Å². The monoisotopic (exact) mass is 254 g/mol. The first kappa shape index (κ1) is 11.4. The van der Waals surface area contributed by atoms with Crippen molar-refractivity contribution in [2.24, 2.45) is 5.92 Å². The maximum absolute atomic E-state index is 12.2. The average Bonchev–Trinajstić information content (AvgIpc) is 2.90. The minimum absolute atomic E-state index is 0.0603. The molecule has 17 heavy (non-hydrogen) atoms. The number of nitrogens with zero attached hydrogens (tertiary/aromatic N) is 1. The van der Waals surface area contributed by atoms with E-state index >= 15 is 0 Å². The second kappa shape index (κ2) is 4.52. The molecule has 0 spiro atoms. The largest absolute Gasteiger partial charge is 0.352 e. The summed E-state index contributed by atoms with van der Waals surface area (Å²) in [6.07, 6.45) is 5.38. The molecule has 2 aliphatic carbocycles. The van der Waals surface area contributed by atoms with Crippen LogP contribution in [0.5, 0.6) is 0 Å². The molecule has 0 aromatic rings. The lowest BCUT2D eigenvalue weighted by Gasteiger charge is -2.31. The normalized spacial score (nSPS) is 28.9. The zero-order valence-electron chi connectivity index (χ0n) is 9.85. The number of carbonyl (C=O) groups excluding carboxylic acids is 2. The molecule has 0 bridgehead atoms. The Morgan fingerprint density at radius 3 is 2.53 bits per heavy atom. The highest BCUT2D eigenvalue weighted by Gasteiger charge is 2.40. The zero-order chi connectivity index (χ0) is 11.8. The summed E-state index contributed by atoms with van der Waals surface area (Å²) in [5, 5.41) is 3.01. The van der Waals surface area contributed by atoms with E-state index in [1.54, 1.807) is 16.7 Å². The number of nitrogens with one attached hydrogen (secondary N) is 1. The highest BCUT2D eigenvalue weighted by Crippen LogP contribution is 2.32. The molecule has 1 unspecified atom stereocenters. The molecule has 1 atom stereocenters. The van der Waals surface area contributed by atoms with Crippen molar-refractivity contribution in [3.8, 4) is 0 Å². The van der Waals surface area contributed by atoms with Crippen LogP contribution in [0.2, 0.25) is 0 Å². The van der Waals surface area contributed by atoms with Crippen molar-refractivity contribution < 1.29 is 9.59 Å². The van der Waals surface area contributed by atoms with Crippen LogP contribution in [0.25, 0.3) is 0 Å². The summed E-state index contributed by atoms with van der Waals surface area (Å²) in [4.78, 5) is 26.0. The molecule has 4 nitrogen and oxygen atoms in total. The molecule has 1 N–H and O–H groups in total. The van der Waals surface area contributed by atoms with Gasteiger partial charge in [0.05, 0.1) is 5.88 Å². The van der Waals surface area contributed by atoms with E-state index in [0.717, 1.165) is 37.9 Å². The van der Waals surface area contributed by atoms with Gasteiger partial charge in [-0.2, -0.15) is 0 Å². The molecule has 0 aromatic heterocycles. The smallest absolute Gasteiger partial charge is 0.243 e. The number of hydrogen-bond donors (Lipinski definition) is 1. The second-order valence-electron chi connectivity index (χ2n) is 5.23. The maximum Gasteiger partial charge on any atom is 0.243 e. The third kappa shape index (κ3) is 2.30. The molecule has 0 aromatic carbocycles. The summed E-state index contributed by atoms with van der Waals surface area (Å²) in [5.74, 6) is 1.92. The molecular weight excluding hydrogens is 236 g/mol. The summed E-state index contributed by atoms with van der Waals surface area (Å²) in [6, 6.07) is 0.169. The third-order valence-corrected chi connectivity index (χ3v) is 4.86. The predicted octanol–water partition coefficient (Wildman–Crippen LogP) is 0.967. The maximum atomic E-state index is 12.2. The molecule has 3 fully saturated rings. The summed E-state index contributed by atoms with van der Waals surface area (Å²) < 4.78 is 0. The minimum atomic E-state index is -0.214. The quantitative estimate of drug-likeness (QED) is 0.816. The van der Waals surface area contributed by atoms with Crippen LogP contribution in [-0.4, -0.2) is 40.4 Å². The fourth-order valence-electron chi connectivity index (χ4n) is 2.29. The van der Waals surface area contributed by atoms with Crippen molar-refractivity contribution in [3.63, 3.8) is 0 Å². The van der Waals surface area contributed by atoms with E-state index in [0.29, 0.717) is 11.9 Å². The van der Waals surface area contributed by atoms with Crippen molar-refractivity contribution in [2.45, 2.75) is 44.2 Å². The molecule has 1 saturated heterocycles. The third-order valence-electron chi connectivity index (χ3n) is 3.85. The highest BCUT2D eigenvalue weighted by molar-refractivity contribution is 7.99. The van der Waals surface area contributed by atoms with Crippen LogP contribution in [-0.2, 0) is 9.59 Å². The van der Waals surface area contributed by atoms with Crippen LogP contribution in [0.3, 0.4) is 0 Å². The topological polar surface area (TPSA) is 49.4 Å². The summed E-state index contributed by atoms with van der Waals surface area (Å²) in [7, 11) is 0. The van der Waals surface area contributed by atoms with Crippen LogP contribution < -0.4 is 5.32 Å². The zero-order valence-corrected chi connectivity index (χ0v) is 10.7. The van der Waals surface area contributed by atoms with Gasteiger partial charge in [-0.3, -0.25) is 9.59 Å². The van der Waals surface area contributed by atoms with E-state index in [2.05, 4.69) is 5.32 Å². The molecule has 2 amide bonds. The Morgan fingerprint density at radius 1 is 1.18 bits per heavy atom. The number of carbonyl (C=O) groups is 2. The Labute approximate surface area is 105 Å². The van der Waals surface area contributed by atoms with Crippen LogP contribution >= 0.6 is 11.8 Å². The molecule has 0 radical (unpaired) electrons. The van der Waals surface area contributed by atoms with Gasteiger partial charge in [0.2, 0.25) is 11.8 Å². The van der Waals surface area contributed by atoms with Crippen molar-refractivity contribution in [1.29, 1.82) is 0 Å². The van der Waals surface area contributed by atoms with E-state index in [9.17, 15) is 9.59 Å². The van der Waals surface area contributed by atoms with Crippen molar-refractivity contribution >= 4 is 23.6 Å². The van der Waals surface area contributed by atoms with Crippen molar-refractivity contribution in [2.75, 3.05) is 11.6 Å². The molecule has 3 aliphatic rings. The first-order valence-corrected chi connectivity index (χ1v) is 7.60. The van der Waals surface area contributed by atoms with Crippen molar-refractivity contribution in [1.82, 2.24) is 10.2 Å². The number of thioether (sulfide) groups is 1. The molecule has 94 valence electrons. The average molecular weight is 254 g/mol. The van der Waals surface area contributed by atoms with Crippen LogP contribution in [0.1, 0.15) is 32.1 Å². The molecule has 2 saturated carbocycles. The Hall–Kier alpha value is -0.710. The number of hydrogen-bond acceptors (Lipinski definition) is 3. The summed E-state index contributed by atoms with van der Waals surface area (Å²) >= 11 is 1.69.